The van der Waals surface area contributed by atoms with E-state index in [2.05, 4.69) is 4.98 Å². The lowest BCUT2D eigenvalue weighted by molar-refractivity contribution is 0.343. The number of hydrogen-bond donors (Lipinski definition) is 1. The highest BCUT2D eigenvalue weighted by Crippen LogP contribution is 2.25. The number of H-pyrrole nitrogens is 1. The van der Waals surface area contributed by atoms with Crippen molar-refractivity contribution in [2.24, 2.45) is 0 Å². The molecule has 0 aliphatic rings. The first-order valence-electron chi connectivity index (χ1n) is 6.58. The van der Waals surface area contributed by atoms with Crippen molar-refractivity contribution in [3.05, 3.63) is 46.6 Å². The van der Waals surface area contributed by atoms with Gasteiger partial charge >= 0.3 is 0 Å². The molecule has 0 spiro atoms. The number of para-hydroxylation sites is 1. The van der Waals surface area contributed by atoms with Gasteiger partial charge in [0.15, 0.2) is 4.77 Å². The zero-order valence-electron chi connectivity index (χ0n) is 11.5. The van der Waals surface area contributed by atoms with Crippen LogP contribution in [-0.4, -0.2) is 16.2 Å². The second kappa shape index (κ2) is 5.17. The molecule has 5 heteroatoms. The molecular formula is C15H16N2O2S. The Morgan fingerprint density at radius 3 is 2.85 bits per heavy atom. The third-order valence-electron chi connectivity index (χ3n) is 3.18. The summed E-state index contributed by atoms with van der Waals surface area (Å²) in [4.78, 5) is 3.22. The third kappa shape index (κ3) is 2.25. The normalized spacial score (nSPS) is 11.1. The molecule has 0 saturated heterocycles. The highest BCUT2D eigenvalue weighted by atomic mass is 32.1. The Morgan fingerprint density at radius 2 is 2.15 bits per heavy atom. The Morgan fingerprint density at radius 1 is 1.30 bits per heavy atom. The number of imidazole rings is 1. The largest absolute Gasteiger partial charge is 0.492 e. The summed E-state index contributed by atoms with van der Waals surface area (Å²) in [6, 6.07) is 9.88. The van der Waals surface area contributed by atoms with Gasteiger partial charge in [0.1, 0.15) is 22.8 Å². The van der Waals surface area contributed by atoms with Gasteiger partial charge in [-0.15, -0.1) is 0 Å². The molecule has 1 aromatic carbocycles. The molecular weight excluding hydrogens is 272 g/mol. The first-order chi connectivity index (χ1) is 9.69. The van der Waals surface area contributed by atoms with Crippen molar-refractivity contribution in [1.29, 1.82) is 0 Å². The van der Waals surface area contributed by atoms with E-state index in [1.165, 1.54) is 0 Å². The second-order valence-corrected chi connectivity index (χ2v) is 5.00. The third-order valence-corrected chi connectivity index (χ3v) is 3.50. The number of nitrogens with one attached hydrogen (secondary N) is 1. The van der Waals surface area contributed by atoms with Crippen LogP contribution in [0.5, 0.6) is 5.75 Å². The van der Waals surface area contributed by atoms with Gasteiger partial charge in [0.25, 0.3) is 0 Å². The van der Waals surface area contributed by atoms with Crippen LogP contribution in [0.15, 0.2) is 34.7 Å². The molecule has 0 unspecified atom stereocenters. The minimum absolute atomic E-state index is 0.613. The first-order valence-corrected chi connectivity index (χ1v) is 6.99. The zero-order chi connectivity index (χ0) is 14.1. The van der Waals surface area contributed by atoms with Crippen molar-refractivity contribution in [3.8, 4) is 5.75 Å². The molecule has 104 valence electrons. The molecule has 3 rings (SSSR count). The van der Waals surface area contributed by atoms with E-state index in [1.807, 2.05) is 48.7 Å². The average molecular weight is 288 g/mol. The number of ether oxygens (including phenoxy) is 1. The van der Waals surface area contributed by atoms with E-state index < -0.39 is 0 Å². The molecule has 0 aliphatic carbocycles. The lowest BCUT2D eigenvalue weighted by Crippen LogP contribution is -1.98. The van der Waals surface area contributed by atoms with Gasteiger partial charge < -0.3 is 18.7 Å². The van der Waals surface area contributed by atoms with Crippen LogP contribution < -0.4 is 4.74 Å². The van der Waals surface area contributed by atoms with Crippen molar-refractivity contribution in [1.82, 2.24) is 9.55 Å². The molecule has 0 saturated carbocycles. The topological polar surface area (TPSA) is 43.1 Å². The minimum atomic E-state index is 0.613. The molecule has 0 radical (unpaired) electrons. The summed E-state index contributed by atoms with van der Waals surface area (Å²) in [7, 11) is 0. The van der Waals surface area contributed by atoms with Crippen LogP contribution in [0.25, 0.3) is 11.0 Å². The summed E-state index contributed by atoms with van der Waals surface area (Å²) in [6.07, 6.45) is 0. The predicted molar refractivity (Wildman–Crippen MR) is 80.8 cm³/mol. The highest BCUT2D eigenvalue weighted by Gasteiger charge is 2.10. The molecule has 0 bridgehead atoms. The van der Waals surface area contributed by atoms with Crippen LogP contribution in [0.1, 0.15) is 18.4 Å². The number of aryl methyl sites for hydroxylation is 1. The number of rotatable bonds is 4. The van der Waals surface area contributed by atoms with Gasteiger partial charge in [0.2, 0.25) is 0 Å². The Kier molecular flexibility index (Phi) is 3.36. The highest BCUT2D eigenvalue weighted by molar-refractivity contribution is 7.71. The van der Waals surface area contributed by atoms with Gasteiger partial charge in [-0.3, -0.25) is 0 Å². The fourth-order valence-electron chi connectivity index (χ4n) is 2.31. The van der Waals surface area contributed by atoms with Crippen molar-refractivity contribution < 1.29 is 9.15 Å². The van der Waals surface area contributed by atoms with E-state index in [0.717, 1.165) is 28.3 Å². The van der Waals surface area contributed by atoms with E-state index in [1.54, 1.807) is 0 Å². The molecule has 1 N–H and O–H groups in total. The van der Waals surface area contributed by atoms with Crippen molar-refractivity contribution >= 4 is 23.3 Å². The SMILES string of the molecule is CCOc1cccc2c1[nH]c(=S)n2Cc1ccc(C)o1. The Bertz CT molecular complexity index is 798. The number of benzene rings is 1. The van der Waals surface area contributed by atoms with E-state index in [-0.39, 0.29) is 0 Å². The summed E-state index contributed by atoms with van der Waals surface area (Å²) in [5.41, 5.74) is 1.96. The molecule has 0 fully saturated rings. The Hall–Kier alpha value is -2.01. The number of hydrogen-bond acceptors (Lipinski definition) is 3. The summed E-state index contributed by atoms with van der Waals surface area (Å²) in [6.45, 7) is 5.14. The summed E-state index contributed by atoms with van der Waals surface area (Å²) < 4.78 is 13.9. The summed E-state index contributed by atoms with van der Waals surface area (Å²) in [5, 5.41) is 0. The molecule has 0 atom stereocenters. The maximum atomic E-state index is 5.63. The van der Waals surface area contributed by atoms with Gasteiger partial charge in [0, 0.05) is 0 Å². The number of aromatic amines is 1. The molecule has 0 aliphatic heterocycles. The van der Waals surface area contributed by atoms with E-state index >= 15 is 0 Å². The zero-order valence-corrected chi connectivity index (χ0v) is 12.3. The number of nitrogens with zero attached hydrogens (tertiary/aromatic N) is 1. The predicted octanol–water partition coefficient (Wildman–Crippen LogP) is 4.05. The molecule has 3 aromatic rings. The Labute approximate surface area is 122 Å². The molecule has 20 heavy (non-hydrogen) atoms. The van der Waals surface area contributed by atoms with Crippen molar-refractivity contribution in [3.63, 3.8) is 0 Å². The van der Waals surface area contributed by atoms with Gasteiger partial charge in [-0.1, -0.05) is 6.07 Å². The van der Waals surface area contributed by atoms with Gasteiger partial charge in [0.05, 0.1) is 18.7 Å². The lowest BCUT2D eigenvalue weighted by Gasteiger charge is -2.05. The van der Waals surface area contributed by atoms with E-state index in [9.17, 15) is 0 Å². The Balaban J connectivity index is 2.09. The fraction of sp³-hybridized carbons (Fsp3) is 0.267. The first kappa shape index (κ1) is 13.0. The lowest BCUT2D eigenvalue weighted by atomic mass is 10.3. The van der Waals surface area contributed by atoms with Crippen LogP contribution in [0.4, 0.5) is 0 Å². The van der Waals surface area contributed by atoms with Crippen LogP contribution >= 0.6 is 12.2 Å². The van der Waals surface area contributed by atoms with Gasteiger partial charge in [-0.2, -0.15) is 0 Å². The van der Waals surface area contributed by atoms with Crippen molar-refractivity contribution in [2.75, 3.05) is 6.61 Å². The molecule has 0 amide bonds. The maximum absolute atomic E-state index is 5.63. The quantitative estimate of drug-likeness (QED) is 0.737. The smallest absolute Gasteiger partial charge is 0.178 e. The van der Waals surface area contributed by atoms with Gasteiger partial charge in [-0.05, 0) is 50.3 Å². The molecule has 2 heterocycles. The van der Waals surface area contributed by atoms with Crippen LogP contribution in [0.3, 0.4) is 0 Å². The number of furan rings is 1. The van der Waals surface area contributed by atoms with Crippen LogP contribution in [-0.2, 0) is 6.54 Å². The molecule has 2 aromatic heterocycles. The minimum Gasteiger partial charge on any atom is -0.492 e. The van der Waals surface area contributed by atoms with E-state index in [4.69, 9.17) is 21.4 Å². The maximum Gasteiger partial charge on any atom is 0.178 e. The summed E-state index contributed by atoms with van der Waals surface area (Å²) in [5.74, 6) is 2.62. The standard InChI is InChI=1S/C15H16N2O2S/c1-3-18-13-6-4-5-12-14(13)16-15(20)17(12)9-11-8-7-10(2)19-11/h4-8H,3,9H2,1-2H3,(H,16,20). The van der Waals surface area contributed by atoms with Crippen molar-refractivity contribution in [2.45, 2.75) is 20.4 Å². The van der Waals surface area contributed by atoms with Gasteiger partial charge in [-0.25, -0.2) is 0 Å². The van der Waals surface area contributed by atoms with Crippen LogP contribution in [0, 0.1) is 11.7 Å². The monoisotopic (exact) mass is 288 g/mol. The summed E-state index contributed by atoms with van der Waals surface area (Å²) >= 11 is 5.41. The number of fused-ring (bicyclic) bond motifs is 1. The second-order valence-electron chi connectivity index (χ2n) is 4.61. The average Bonchev–Trinajstić information content (AvgIpc) is 2.97. The van der Waals surface area contributed by atoms with Crippen LogP contribution in [0.2, 0.25) is 0 Å². The fourth-order valence-corrected chi connectivity index (χ4v) is 2.58. The number of aromatic nitrogens is 2. The molecule has 4 nitrogen and oxygen atoms in total. The van der Waals surface area contributed by atoms with E-state index in [0.29, 0.717) is 17.9 Å².